The van der Waals surface area contributed by atoms with Crippen molar-refractivity contribution in [3.8, 4) is 0 Å². The minimum atomic E-state index is -2.81. The lowest BCUT2D eigenvalue weighted by atomic mass is 9.89. The highest BCUT2D eigenvalue weighted by atomic mass is 31.2. The molecule has 3 atom stereocenters. The zero-order valence-electron chi connectivity index (χ0n) is 15.5. The molecule has 0 radical (unpaired) electrons. The zero-order chi connectivity index (χ0) is 18.7. The van der Waals surface area contributed by atoms with Gasteiger partial charge < -0.3 is 4.57 Å². The highest BCUT2D eigenvalue weighted by Crippen LogP contribution is 2.79. The van der Waals surface area contributed by atoms with E-state index < -0.39 is 12.3 Å². The molecule has 3 aromatic carbocycles. The molecule has 0 spiro atoms. The Kier molecular flexibility index (Phi) is 4.89. The van der Waals surface area contributed by atoms with E-state index in [-0.39, 0.29) is 5.66 Å². The second kappa shape index (κ2) is 7.33. The van der Waals surface area contributed by atoms with Gasteiger partial charge in [0.25, 0.3) is 0 Å². The van der Waals surface area contributed by atoms with Gasteiger partial charge in [0.15, 0.2) is 0 Å². The summed E-state index contributed by atoms with van der Waals surface area (Å²) in [5.41, 5.74) is 2.41. The smallest absolute Gasteiger partial charge is 0.133 e. The molecule has 3 aromatic rings. The zero-order valence-corrected chi connectivity index (χ0v) is 16.4. The second-order valence-corrected chi connectivity index (χ2v) is 10.7. The fourth-order valence-electron chi connectivity index (χ4n) is 4.83. The highest BCUT2D eigenvalue weighted by molar-refractivity contribution is 7.73. The maximum Gasteiger partial charge on any atom is 0.133 e. The lowest BCUT2D eigenvalue weighted by molar-refractivity contribution is 0.528. The van der Waals surface area contributed by atoms with E-state index in [2.05, 4.69) is 67.2 Å². The van der Waals surface area contributed by atoms with Crippen molar-refractivity contribution in [1.29, 1.82) is 0 Å². The van der Waals surface area contributed by atoms with Gasteiger partial charge in [-0.3, -0.25) is 0 Å². The number of hydrogen-bond acceptors (Lipinski definition) is 1. The molecule has 1 aliphatic heterocycles. The second-order valence-electron chi connectivity index (χ2n) is 7.35. The lowest BCUT2D eigenvalue weighted by Crippen LogP contribution is -2.27. The maximum atomic E-state index is 15.1. The topological polar surface area (TPSA) is 17.1 Å². The molecule has 0 aliphatic carbocycles. The molecule has 1 saturated heterocycles. The normalized spacial score (nSPS) is 27.3. The SMILES string of the molecule is C=CC[C@]1(c2ccccc2)CC[C@@H](c2ccccc2)[P@@]1(=O)c1ccccc1. The standard InChI is InChI=1S/C25H25OP/c1-2-19-25(22-14-8-4-9-15-22)20-18-24(21-12-6-3-7-13-21)27(25,26)23-16-10-5-11-17-23/h2-17,24H,1,18-20H2/t24-,25+,27-/m0/s1. The Morgan fingerprint density at radius 1 is 0.889 bits per heavy atom. The first kappa shape index (κ1) is 18.0. The average Bonchev–Trinajstić information content (AvgIpc) is 3.04. The van der Waals surface area contributed by atoms with Gasteiger partial charge in [0.1, 0.15) is 7.14 Å². The van der Waals surface area contributed by atoms with Crippen LogP contribution >= 0.6 is 7.14 Å². The van der Waals surface area contributed by atoms with Crippen LogP contribution in [0.4, 0.5) is 0 Å². The molecule has 1 fully saturated rings. The first-order valence-corrected chi connectivity index (χ1v) is 11.4. The van der Waals surface area contributed by atoms with Crippen LogP contribution in [-0.2, 0) is 9.72 Å². The van der Waals surface area contributed by atoms with Crippen molar-refractivity contribution in [3.05, 3.63) is 115 Å². The molecule has 27 heavy (non-hydrogen) atoms. The van der Waals surface area contributed by atoms with Crippen LogP contribution in [0.15, 0.2) is 104 Å². The number of hydrogen-bond donors (Lipinski definition) is 0. The van der Waals surface area contributed by atoms with Crippen molar-refractivity contribution in [2.75, 3.05) is 0 Å². The summed E-state index contributed by atoms with van der Waals surface area (Å²) < 4.78 is 15.1. The van der Waals surface area contributed by atoms with Crippen molar-refractivity contribution in [3.63, 3.8) is 0 Å². The van der Waals surface area contributed by atoms with Crippen LogP contribution in [0, 0.1) is 0 Å². The van der Waals surface area contributed by atoms with Crippen molar-refractivity contribution in [2.24, 2.45) is 0 Å². The third kappa shape index (κ3) is 2.82. The van der Waals surface area contributed by atoms with Gasteiger partial charge in [-0.05, 0) is 30.4 Å². The Labute approximate surface area is 162 Å². The molecule has 0 saturated carbocycles. The van der Waals surface area contributed by atoms with Crippen molar-refractivity contribution in [2.45, 2.75) is 30.1 Å². The highest BCUT2D eigenvalue weighted by Gasteiger charge is 2.58. The summed E-state index contributed by atoms with van der Waals surface area (Å²) in [6, 6.07) is 31.0. The third-order valence-electron chi connectivity index (χ3n) is 6.02. The maximum absolute atomic E-state index is 15.1. The molecule has 1 nitrogen and oxygen atoms in total. The molecule has 0 amide bonds. The van der Waals surface area contributed by atoms with E-state index in [0.717, 1.165) is 24.6 Å². The molecule has 0 bridgehead atoms. The summed E-state index contributed by atoms with van der Waals surface area (Å²) in [5.74, 6) is 0. The minimum Gasteiger partial charge on any atom is -0.317 e. The Bertz CT molecular complexity index is 949. The van der Waals surface area contributed by atoms with Crippen LogP contribution in [0.1, 0.15) is 36.0 Å². The van der Waals surface area contributed by atoms with Crippen LogP contribution in [0.3, 0.4) is 0 Å². The van der Waals surface area contributed by atoms with Crippen LogP contribution in [0.25, 0.3) is 0 Å². The first-order chi connectivity index (χ1) is 13.2. The van der Waals surface area contributed by atoms with Gasteiger partial charge >= 0.3 is 0 Å². The van der Waals surface area contributed by atoms with E-state index in [1.54, 1.807) is 0 Å². The number of benzene rings is 3. The van der Waals surface area contributed by atoms with Gasteiger partial charge in [0, 0.05) is 11.0 Å². The molecule has 0 N–H and O–H groups in total. The fraction of sp³-hybridized carbons (Fsp3) is 0.200. The van der Waals surface area contributed by atoms with Gasteiger partial charge in [-0.15, -0.1) is 6.58 Å². The molecular formula is C25H25OP. The minimum absolute atomic E-state index is 0.0428. The first-order valence-electron chi connectivity index (χ1n) is 9.59. The third-order valence-corrected chi connectivity index (χ3v) is 10.5. The van der Waals surface area contributed by atoms with Gasteiger partial charge in [-0.1, -0.05) is 97.1 Å². The summed E-state index contributed by atoms with van der Waals surface area (Å²) in [4.78, 5) is 0. The van der Waals surface area contributed by atoms with Crippen molar-refractivity contribution >= 4 is 12.4 Å². The van der Waals surface area contributed by atoms with Gasteiger partial charge in [0.05, 0.1) is 5.16 Å². The molecule has 4 rings (SSSR count). The molecule has 136 valence electrons. The number of rotatable bonds is 5. The molecule has 1 heterocycles. The lowest BCUT2D eigenvalue weighted by Gasteiger charge is -2.38. The van der Waals surface area contributed by atoms with Crippen LogP contribution in [0.5, 0.6) is 0 Å². The van der Waals surface area contributed by atoms with Crippen LogP contribution in [-0.4, -0.2) is 0 Å². The summed E-state index contributed by atoms with van der Waals surface area (Å²) in [6.45, 7) is 4.03. The molecule has 2 heteroatoms. The Morgan fingerprint density at radius 2 is 1.44 bits per heavy atom. The summed E-state index contributed by atoms with van der Waals surface area (Å²) in [6.07, 6.45) is 4.52. The Hall–Kier alpha value is -2.37. The van der Waals surface area contributed by atoms with Crippen LogP contribution < -0.4 is 5.30 Å². The Morgan fingerprint density at radius 3 is 2.04 bits per heavy atom. The average molecular weight is 372 g/mol. The van der Waals surface area contributed by atoms with Gasteiger partial charge in [-0.2, -0.15) is 0 Å². The van der Waals surface area contributed by atoms with E-state index in [9.17, 15) is 0 Å². The predicted octanol–water partition coefficient (Wildman–Crippen LogP) is 6.68. The van der Waals surface area contributed by atoms with Crippen molar-refractivity contribution in [1.82, 2.24) is 0 Å². The summed E-state index contributed by atoms with van der Waals surface area (Å²) in [7, 11) is -2.81. The van der Waals surface area contributed by atoms with E-state index in [0.29, 0.717) is 0 Å². The summed E-state index contributed by atoms with van der Waals surface area (Å²) >= 11 is 0. The largest absolute Gasteiger partial charge is 0.317 e. The van der Waals surface area contributed by atoms with Crippen molar-refractivity contribution < 1.29 is 4.57 Å². The van der Waals surface area contributed by atoms with E-state index in [1.165, 1.54) is 11.1 Å². The van der Waals surface area contributed by atoms with E-state index in [1.807, 2.05) is 36.4 Å². The molecular weight excluding hydrogens is 347 g/mol. The number of allylic oxidation sites excluding steroid dienone is 1. The predicted molar refractivity (Wildman–Crippen MR) is 115 cm³/mol. The van der Waals surface area contributed by atoms with E-state index >= 15 is 4.57 Å². The van der Waals surface area contributed by atoms with Gasteiger partial charge in [0.2, 0.25) is 0 Å². The monoisotopic (exact) mass is 372 g/mol. The Balaban J connectivity index is 1.99. The molecule has 0 aromatic heterocycles. The molecule has 1 aliphatic rings. The quantitative estimate of drug-likeness (QED) is 0.360. The molecule has 0 unspecified atom stereocenters. The van der Waals surface area contributed by atoms with Crippen LogP contribution in [0.2, 0.25) is 0 Å². The fourth-order valence-corrected chi connectivity index (χ4v) is 9.37. The summed E-state index contributed by atoms with van der Waals surface area (Å²) in [5, 5.41) is 0.597. The van der Waals surface area contributed by atoms with Gasteiger partial charge in [-0.25, -0.2) is 0 Å². The van der Waals surface area contributed by atoms with E-state index in [4.69, 9.17) is 0 Å².